The number of carbonyl (C=O) groups is 1. The quantitative estimate of drug-likeness (QED) is 0.542. The first-order valence-electron chi connectivity index (χ1n) is 8.23. The maximum atomic E-state index is 12.0. The molecule has 5 heteroatoms. The molecule has 3 nitrogen and oxygen atoms in total. The van der Waals surface area contributed by atoms with Crippen molar-refractivity contribution >= 4 is 34.7 Å². The number of carbonyl (C=O) groups excluding carboxylic acids is 1. The Kier molecular flexibility index (Phi) is 6.65. The third kappa shape index (κ3) is 6.03. The number of hydrogen-bond donors (Lipinski definition) is 1. The lowest BCUT2D eigenvalue weighted by Crippen LogP contribution is -2.11. The highest BCUT2D eigenvalue weighted by molar-refractivity contribution is 7.98. The van der Waals surface area contributed by atoms with E-state index in [0.29, 0.717) is 6.42 Å². The minimum Gasteiger partial charge on any atom is -0.326 e. The third-order valence-electron chi connectivity index (χ3n) is 3.67. The fourth-order valence-electron chi connectivity index (χ4n) is 2.39. The molecule has 0 unspecified atom stereocenters. The normalized spacial score (nSPS) is 10.6. The number of nitrogens with one attached hydrogen (secondary N) is 1. The summed E-state index contributed by atoms with van der Waals surface area (Å²) in [6, 6.07) is 16.2. The first-order valence-corrected chi connectivity index (χ1v) is 10.1. The van der Waals surface area contributed by atoms with Gasteiger partial charge in [0.1, 0.15) is 0 Å². The Morgan fingerprint density at radius 2 is 2.00 bits per heavy atom. The minimum atomic E-state index is 0.0762. The van der Waals surface area contributed by atoms with Gasteiger partial charge >= 0.3 is 0 Å². The van der Waals surface area contributed by atoms with Crippen LogP contribution in [0.25, 0.3) is 0 Å². The molecule has 0 aliphatic heterocycles. The van der Waals surface area contributed by atoms with E-state index in [4.69, 9.17) is 0 Å². The number of nitrogens with zero attached hydrogens (tertiary/aromatic N) is 1. The molecular formula is C20H20N2OS2. The fraction of sp³-hybridized carbons (Fsp3) is 0.200. The Bertz CT molecular complexity index is 771. The summed E-state index contributed by atoms with van der Waals surface area (Å²) in [5, 5.41) is 5.04. The summed E-state index contributed by atoms with van der Waals surface area (Å²) >= 11 is 3.51. The molecular weight excluding hydrogens is 348 g/mol. The van der Waals surface area contributed by atoms with Crippen LogP contribution in [0.5, 0.6) is 0 Å². The lowest BCUT2D eigenvalue weighted by atomic mass is 10.2. The Labute approximate surface area is 156 Å². The van der Waals surface area contributed by atoms with E-state index in [9.17, 15) is 4.79 Å². The molecule has 1 aromatic carbocycles. The number of thioether (sulfide) groups is 1. The van der Waals surface area contributed by atoms with Gasteiger partial charge in [0.25, 0.3) is 0 Å². The molecule has 1 amide bonds. The van der Waals surface area contributed by atoms with Gasteiger partial charge in [-0.05, 0) is 60.2 Å². The zero-order valence-electron chi connectivity index (χ0n) is 13.9. The lowest BCUT2D eigenvalue weighted by Gasteiger charge is -2.06. The van der Waals surface area contributed by atoms with Gasteiger partial charge in [-0.25, -0.2) is 0 Å². The van der Waals surface area contributed by atoms with Crippen LogP contribution in [0, 0.1) is 0 Å². The number of anilines is 1. The number of thiophene rings is 1. The Morgan fingerprint density at radius 3 is 2.72 bits per heavy atom. The average molecular weight is 369 g/mol. The fourth-order valence-corrected chi connectivity index (χ4v) is 3.97. The number of aryl methyl sites for hydroxylation is 1. The number of benzene rings is 1. The summed E-state index contributed by atoms with van der Waals surface area (Å²) in [6.07, 6.45) is 6.07. The standard InChI is InChI=1S/C20H20N2OS2/c23-20(7-1-5-18-6-3-13-24-18)22-17-8-10-19(11-9-17)25-15-16-4-2-12-21-14-16/h2-4,6,8-14H,1,5,7,15H2,(H,22,23). The molecule has 2 heterocycles. The van der Waals surface area contributed by atoms with Crippen molar-refractivity contribution < 1.29 is 4.79 Å². The number of hydrogen-bond acceptors (Lipinski definition) is 4. The van der Waals surface area contributed by atoms with Crippen LogP contribution in [0.15, 0.2) is 71.2 Å². The second-order valence-electron chi connectivity index (χ2n) is 5.66. The smallest absolute Gasteiger partial charge is 0.224 e. The predicted molar refractivity (Wildman–Crippen MR) is 106 cm³/mol. The van der Waals surface area contributed by atoms with Crippen LogP contribution < -0.4 is 5.32 Å². The topological polar surface area (TPSA) is 42.0 Å². The zero-order valence-corrected chi connectivity index (χ0v) is 15.5. The predicted octanol–water partition coefficient (Wildman–Crippen LogP) is 5.40. The molecule has 25 heavy (non-hydrogen) atoms. The van der Waals surface area contributed by atoms with Crippen LogP contribution in [0.3, 0.4) is 0 Å². The van der Waals surface area contributed by atoms with Gasteiger partial charge in [0, 0.05) is 40.0 Å². The van der Waals surface area contributed by atoms with Gasteiger partial charge in [-0.3, -0.25) is 9.78 Å². The Morgan fingerprint density at radius 1 is 1.12 bits per heavy atom. The summed E-state index contributed by atoms with van der Waals surface area (Å²) in [7, 11) is 0. The van der Waals surface area contributed by atoms with Crippen LogP contribution in [0.1, 0.15) is 23.3 Å². The average Bonchev–Trinajstić information content (AvgIpc) is 3.15. The molecule has 1 N–H and O–H groups in total. The van der Waals surface area contributed by atoms with Gasteiger partial charge in [0.15, 0.2) is 0 Å². The molecule has 2 aromatic heterocycles. The second kappa shape index (κ2) is 9.39. The highest BCUT2D eigenvalue weighted by Gasteiger charge is 2.04. The summed E-state index contributed by atoms with van der Waals surface area (Å²) in [5.41, 5.74) is 2.06. The second-order valence-corrected chi connectivity index (χ2v) is 7.74. The molecule has 0 bridgehead atoms. The van der Waals surface area contributed by atoms with Crippen molar-refractivity contribution in [2.45, 2.75) is 29.9 Å². The number of pyridine rings is 1. The first kappa shape index (κ1) is 17.7. The SMILES string of the molecule is O=C(CCCc1cccs1)Nc1ccc(SCc2cccnc2)cc1. The van der Waals surface area contributed by atoms with Gasteiger partial charge in [-0.1, -0.05) is 12.1 Å². The molecule has 0 aliphatic rings. The Hall–Kier alpha value is -2.11. The van der Waals surface area contributed by atoms with Crippen molar-refractivity contribution in [3.63, 3.8) is 0 Å². The molecule has 0 radical (unpaired) electrons. The van der Waals surface area contributed by atoms with Gasteiger partial charge in [-0.15, -0.1) is 23.1 Å². The maximum absolute atomic E-state index is 12.0. The zero-order chi connectivity index (χ0) is 17.3. The van der Waals surface area contributed by atoms with Crippen molar-refractivity contribution in [1.82, 2.24) is 4.98 Å². The van der Waals surface area contributed by atoms with Crippen LogP contribution in [0.4, 0.5) is 5.69 Å². The minimum absolute atomic E-state index is 0.0762. The van der Waals surface area contributed by atoms with Crippen LogP contribution >= 0.6 is 23.1 Å². The molecule has 3 rings (SSSR count). The van der Waals surface area contributed by atoms with Crippen molar-refractivity contribution in [2.75, 3.05) is 5.32 Å². The van der Waals surface area contributed by atoms with Gasteiger partial charge in [-0.2, -0.15) is 0 Å². The number of aromatic nitrogens is 1. The van der Waals surface area contributed by atoms with Gasteiger partial charge < -0.3 is 5.32 Å². The molecule has 3 aromatic rings. The molecule has 0 saturated heterocycles. The van der Waals surface area contributed by atoms with E-state index in [1.165, 1.54) is 15.3 Å². The van der Waals surface area contributed by atoms with Gasteiger partial charge in [0.05, 0.1) is 0 Å². The lowest BCUT2D eigenvalue weighted by molar-refractivity contribution is -0.116. The monoisotopic (exact) mass is 368 g/mol. The van der Waals surface area contributed by atoms with Crippen LogP contribution in [-0.4, -0.2) is 10.9 Å². The van der Waals surface area contributed by atoms with E-state index >= 15 is 0 Å². The molecule has 0 saturated carbocycles. The Balaban J connectivity index is 1.41. The first-order chi connectivity index (χ1) is 12.3. The summed E-state index contributed by atoms with van der Waals surface area (Å²) in [5.74, 6) is 0.967. The number of rotatable bonds is 8. The van der Waals surface area contributed by atoms with E-state index in [0.717, 1.165) is 24.3 Å². The molecule has 0 aliphatic carbocycles. The van der Waals surface area contributed by atoms with E-state index in [1.807, 2.05) is 42.6 Å². The van der Waals surface area contributed by atoms with Crippen LogP contribution in [0.2, 0.25) is 0 Å². The molecule has 0 atom stereocenters. The summed E-state index contributed by atoms with van der Waals surface area (Å²) in [6.45, 7) is 0. The van der Waals surface area contributed by atoms with Crippen molar-refractivity contribution in [3.05, 3.63) is 76.7 Å². The summed E-state index contributed by atoms with van der Waals surface area (Å²) < 4.78 is 0. The summed E-state index contributed by atoms with van der Waals surface area (Å²) in [4.78, 5) is 18.7. The van der Waals surface area contributed by atoms with Crippen molar-refractivity contribution in [2.24, 2.45) is 0 Å². The van der Waals surface area contributed by atoms with Crippen molar-refractivity contribution in [1.29, 1.82) is 0 Å². The van der Waals surface area contributed by atoms with E-state index in [-0.39, 0.29) is 5.91 Å². The van der Waals surface area contributed by atoms with E-state index in [2.05, 4.69) is 27.8 Å². The number of amides is 1. The van der Waals surface area contributed by atoms with Gasteiger partial charge in [0.2, 0.25) is 5.91 Å². The van der Waals surface area contributed by atoms with Crippen molar-refractivity contribution in [3.8, 4) is 0 Å². The molecule has 128 valence electrons. The molecule has 0 spiro atoms. The largest absolute Gasteiger partial charge is 0.326 e. The highest BCUT2D eigenvalue weighted by Crippen LogP contribution is 2.24. The maximum Gasteiger partial charge on any atom is 0.224 e. The van der Waals surface area contributed by atoms with Crippen LogP contribution in [-0.2, 0) is 17.0 Å². The third-order valence-corrected chi connectivity index (χ3v) is 5.69. The van der Waals surface area contributed by atoms with E-state index < -0.39 is 0 Å². The highest BCUT2D eigenvalue weighted by atomic mass is 32.2. The molecule has 0 fully saturated rings. The van der Waals surface area contributed by atoms with E-state index in [1.54, 1.807) is 29.3 Å².